The number of imidazole rings is 1. The van der Waals surface area contributed by atoms with Gasteiger partial charge in [-0.3, -0.25) is 4.40 Å². The molecule has 0 aliphatic heterocycles. The topological polar surface area (TPSA) is 17.3 Å². The van der Waals surface area contributed by atoms with Crippen LogP contribution in [0.4, 0.5) is 0 Å². The highest BCUT2D eigenvalue weighted by Crippen LogP contribution is 2.46. The molecule has 0 saturated carbocycles. The lowest BCUT2D eigenvalue weighted by Crippen LogP contribution is -1.95. The van der Waals surface area contributed by atoms with Crippen molar-refractivity contribution < 1.29 is 0 Å². The summed E-state index contributed by atoms with van der Waals surface area (Å²) in [6, 6.07) is 93.3. The van der Waals surface area contributed by atoms with Crippen LogP contribution in [0.25, 0.3) is 137 Å². The molecule has 2 heteroatoms. The number of hydrogen-bond acceptors (Lipinski definition) is 1. The van der Waals surface area contributed by atoms with Crippen LogP contribution in [0.5, 0.6) is 0 Å². The molecule has 12 aromatic carbocycles. The minimum atomic E-state index is 0.962. The lowest BCUT2D eigenvalue weighted by Gasteiger charge is -2.19. The number of hydrogen-bond donors (Lipinski definition) is 0. The van der Waals surface area contributed by atoms with Gasteiger partial charge in [0.2, 0.25) is 0 Å². The van der Waals surface area contributed by atoms with Crippen molar-refractivity contribution in [3.8, 4) is 67.0 Å². The van der Waals surface area contributed by atoms with E-state index in [1.807, 2.05) is 0 Å². The van der Waals surface area contributed by atoms with E-state index in [1.54, 1.807) is 0 Å². The van der Waals surface area contributed by atoms with Gasteiger partial charge in [-0.05, 0) is 123 Å². The van der Waals surface area contributed by atoms with Crippen LogP contribution in [0.15, 0.2) is 255 Å². The SMILES string of the molecule is c1ccc(-c2nc3c4ccccc4c4cc(-c5ccc(-c6ccc7c(-c8ccc9ccccc9c8)c8ccccc8c(-c8ccc9ccccc9c8)c7c6)cc5)ccc4n3c2-c2ccccc2)cc1. The van der Waals surface area contributed by atoms with Crippen LogP contribution in [0.1, 0.15) is 0 Å². The first-order valence-electron chi connectivity index (χ1n) is 23.8. The van der Waals surface area contributed by atoms with Crippen molar-refractivity contribution >= 4 is 70.4 Å². The number of rotatable bonds is 6. The van der Waals surface area contributed by atoms with Gasteiger partial charge in [0.25, 0.3) is 0 Å². The number of pyridine rings is 1. The van der Waals surface area contributed by atoms with Crippen LogP contribution >= 0.6 is 0 Å². The molecule has 0 amide bonds. The summed E-state index contributed by atoms with van der Waals surface area (Å²) in [6.45, 7) is 0. The zero-order chi connectivity index (χ0) is 45.4. The highest BCUT2D eigenvalue weighted by molar-refractivity contribution is 6.23. The minimum Gasteiger partial charge on any atom is -0.291 e. The maximum absolute atomic E-state index is 5.42. The largest absolute Gasteiger partial charge is 0.291 e. The van der Waals surface area contributed by atoms with E-state index in [0.29, 0.717) is 0 Å². The molecule has 0 atom stereocenters. The lowest BCUT2D eigenvalue weighted by molar-refractivity contribution is 1.27. The lowest BCUT2D eigenvalue weighted by atomic mass is 9.84. The number of aromatic nitrogens is 2. The normalized spacial score (nSPS) is 11.8. The van der Waals surface area contributed by atoms with Gasteiger partial charge in [-0.2, -0.15) is 0 Å². The van der Waals surface area contributed by atoms with Crippen molar-refractivity contribution in [1.82, 2.24) is 9.38 Å². The summed E-state index contributed by atoms with van der Waals surface area (Å²) in [6.07, 6.45) is 0. The van der Waals surface area contributed by atoms with E-state index in [0.717, 1.165) is 39.1 Å². The zero-order valence-corrected chi connectivity index (χ0v) is 37.6. The summed E-state index contributed by atoms with van der Waals surface area (Å²) >= 11 is 0. The summed E-state index contributed by atoms with van der Waals surface area (Å²) in [7, 11) is 0. The third-order valence-corrected chi connectivity index (χ3v) is 14.3. The Morgan fingerprint density at radius 1 is 0.246 bits per heavy atom. The molecular formula is C67H42N2. The Balaban J connectivity index is 0.933. The second kappa shape index (κ2) is 15.8. The molecule has 0 aliphatic carbocycles. The molecular weight excluding hydrogens is 833 g/mol. The van der Waals surface area contributed by atoms with Crippen molar-refractivity contribution in [2.75, 3.05) is 0 Å². The molecule has 320 valence electrons. The van der Waals surface area contributed by atoms with Crippen LogP contribution in [-0.2, 0) is 0 Å². The van der Waals surface area contributed by atoms with Crippen LogP contribution in [0.2, 0.25) is 0 Å². The predicted octanol–water partition coefficient (Wildman–Crippen LogP) is 18.3. The fourth-order valence-corrected chi connectivity index (χ4v) is 11.1. The zero-order valence-electron chi connectivity index (χ0n) is 37.6. The summed E-state index contributed by atoms with van der Waals surface area (Å²) in [4.78, 5) is 5.42. The maximum Gasteiger partial charge on any atom is 0.146 e. The van der Waals surface area contributed by atoms with Gasteiger partial charge in [-0.25, -0.2) is 4.98 Å². The molecule has 14 aromatic rings. The maximum atomic E-state index is 5.42. The molecule has 0 unspecified atom stereocenters. The molecule has 0 spiro atoms. The van der Waals surface area contributed by atoms with Gasteiger partial charge in [0.15, 0.2) is 0 Å². The molecule has 0 bridgehead atoms. The molecule has 2 nitrogen and oxygen atoms in total. The first-order valence-corrected chi connectivity index (χ1v) is 23.8. The van der Waals surface area contributed by atoms with E-state index >= 15 is 0 Å². The van der Waals surface area contributed by atoms with Crippen molar-refractivity contribution in [3.63, 3.8) is 0 Å². The molecule has 0 N–H and O–H groups in total. The van der Waals surface area contributed by atoms with Gasteiger partial charge in [0, 0.05) is 21.9 Å². The summed E-state index contributed by atoms with van der Waals surface area (Å²) in [5, 5.41) is 13.5. The van der Waals surface area contributed by atoms with Gasteiger partial charge >= 0.3 is 0 Å². The molecule has 14 rings (SSSR count). The van der Waals surface area contributed by atoms with Gasteiger partial charge in [0.1, 0.15) is 5.65 Å². The third-order valence-electron chi connectivity index (χ3n) is 14.3. The van der Waals surface area contributed by atoms with Gasteiger partial charge in [-0.1, -0.05) is 224 Å². The van der Waals surface area contributed by atoms with E-state index in [2.05, 4.69) is 259 Å². The second-order valence-electron chi connectivity index (χ2n) is 18.2. The van der Waals surface area contributed by atoms with E-state index in [-0.39, 0.29) is 0 Å². The van der Waals surface area contributed by atoms with E-state index in [9.17, 15) is 0 Å². The standard InChI is InChI=1S/C67H42N2/c1-3-17-47(18-4-1)65-66(48-19-5-2-6-20-48)69-62-38-36-52(41-60(62)55-23-11-14-26-59(55)67(69)68-65)46-29-27-45(28-30-46)51-35-37-58-61(42-51)64(54-34-32-44-16-8-10-22-50(44)40-54)57-25-13-12-24-56(57)63(58)53-33-31-43-15-7-9-21-49(43)39-53/h1-42H. The Hall–Kier alpha value is -9.11. The highest BCUT2D eigenvalue weighted by atomic mass is 15.0. The minimum absolute atomic E-state index is 0.962. The Labute approximate surface area is 399 Å². The number of benzene rings is 12. The predicted molar refractivity (Wildman–Crippen MR) is 293 cm³/mol. The molecule has 2 aromatic heterocycles. The van der Waals surface area contributed by atoms with Crippen molar-refractivity contribution in [3.05, 3.63) is 255 Å². The molecule has 69 heavy (non-hydrogen) atoms. The van der Waals surface area contributed by atoms with Gasteiger partial charge in [-0.15, -0.1) is 0 Å². The van der Waals surface area contributed by atoms with Crippen LogP contribution in [0.3, 0.4) is 0 Å². The average molecular weight is 875 g/mol. The van der Waals surface area contributed by atoms with Gasteiger partial charge in [0.05, 0.1) is 16.9 Å². The first kappa shape index (κ1) is 39.1. The Bertz CT molecular complexity index is 4340. The van der Waals surface area contributed by atoms with Crippen molar-refractivity contribution in [2.45, 2.75) is 0 Å². The van der Waals surface area contributed by atoms with E-state index < -0.39 is 0 Å². The quantitative estimate of drug-likeness (QED) is 0.120. The van der Waals surface area contributed by atoms with E-state index in [1.165, 1.54) is 98.4 Å². The summed E-state index contributed by atoms with van der Waals surface area (Å²) in [5.74, 6) is 0. The summed E-state index contributed by atoms with van der Waals surface area (Å²) in [5.41, 5.74) is 16.1. The Morgan fingerprint density at radius 2 is 0.681 bits per heavy atom. The average Bonchev–Trinajstić information content (AvgIpc) is 3.84. The molecule has 0 fully saturated rings. The fourth-order valence-electron chi connectivity index (χ4n) is 11.1. The first-order chi connectivity index (χ1) is 34.2. The van der Waals surface area contributed by atoms with Crippen LogP contribution in [-0.4, -0.2) is 9.38 Å². The third kappa shape index (κ3) is 6.38. The number of nitrogens with zero attached hydrogens (tertiary/aromatic N) is 2. The monoisotopic (exact) mass is 874 g/mol. The van der Waals surface area contributed by atoms with Crippen molar-refractivity contribution in [2.24, 2.45) is 0 Å². The Morgan fingerprint density at radius 3 is 1.29 bits per heavy atom. The number of fused-ring (bicyclic) bond motifs is 10. The molecule has 0 radical (unpaired) electrons. The van der Waals surface area contributed by atoms with E-state index in [4.69, 9.17) is 4.98 Å². The summed E-state index contributed by atoms with van der Waals surface area (Å²) < 4.78 is 2.38. The molecule has 2 heterocycles. The van der Waals surface area contributed by atoms with Gasteiger partial charge < -0.3 is 0 Å². The molecule has 0 aliphatic rings. The highest BCUT2D eigenvalue weighted by Gasteiger charge is 2.22. The molecule has 0 saturated heterocycles. The van der Waals surface area contributed by atoms with Crippen LogP contribution < -0.4 is 0 Å². The smallest absolute Gasteiger partial charge is 0.146 e. The fraction of sp³-hybridized carbons (Fsp3) is 0. The van der Waals surface area contributed by atoms with Crippen molar-refractivity contribution in [1.29, 1.82) is 0 Å². The Kier molecular flexibility index (Phi) is 8.93. The second-order valence-corrected chi connectivity index (χ2v) is 18.2. The van der Waals surface area contributed by atoms with Crippen LogP contribution in [0, 0.1) is 0 Å².